The average Bonchev–Trinajstić information content (AvgIpc) is 3.16. The summed E-state index contributed by atoms with van der Waals surface area (Å²) in [6, 6.07) is 0.871. The van der Waals surface area contributed by atoms with Crippen molar-refractivity contribution in [3.8, 4) is 0 Å². The standard InChI is InChI=1S/C14H25N3O/c1-16-7-6-13(14(16)18)17-8-4-12(5-9-17)15-10-11-2-3-11/h11-13,15H,2-10H2,1H3. The molecular formula is C14H25N3O. The lowest BCUT2D eigenvalue weighted by Gasteiger charge is -2.35. The molecule has 1 saturated carbocycles. The Morgan fingerprint density at radius 3 is 2.39 bits per heavy atom. The first kappa shape index (κ1) is 12.4. The summed E-state index contributed by atoms with van der Waals surface area (Å²) < 4.78 is 0. The van der Waals surface area contributed by atoms with Crippen LogP contribution in [0.1, 0.15) is 32.1 Å². The molecule has 18 heavy (non-hydrogen) atoms. The van der Waals surface area contributed by atoms with Gasteiger partial charge in [-0.05, 0) is 44.6 Å². The summed E-state index contributed by atoms with van der Waals surface area (Å²) in [4.78, 5) is 16.3. The molecule has 0 radical (unpaired) electrons. The third-order valence-electron chi connectivity index (χ3n) is 4.76. The van der Waals surface area contributed by atoms with Crippen molar-refractivity contribution in [2.75, 3.05) is 33.2 Å². The molecular weight excluding hydrogens is 226 g/mol. The summed E-state index contributed by atoms with van der Waals surface area (Å²) in [5, 5.41) is 3.69. The Bertz CT molecular complexity index is 308. The maximum Gasteiger partial charge on any atom is 0.239 e. The van der Waals surface area contributed by atoms with Crippen molar-refractivity contribution >= 4 is 5.91 Å². The van der Waals surface area contributed by atoms with E-state index >= 15 is 0 Å². The van der Waals surface area contributed by atoms with Crippen molar-refractivity contribution in [3.63, 3.8) is 0 Å². The SMILES string of the molecule is CN1CCC(N2CCC(NCC3CC3)CC2)C1=O. The number of hydrogen-bond donors (Lipinski definition) is 1. The molecule has 2 aliphatic heterocycles. The molecule has 1 atom stereocenters. The number of amides is 1. The van der Waals surface area contributed by atoms with Crippen LogP contribution in [0.5, 0.6) is 0 Å². The fraction of sp³-hybridized carbons (Fsp3) is 0.929. The van der Waals surface area contributed by atoms with Gasteiger partial charge in [-0.1, -0.05) is 0 Å². The Labute approximate surface area is 110 Å². The molecule has 0 aromatic carbocycles. The number of likely N-dealkylation sites (tertiary alicyclic amines) is 2. The summed E-state index contributed by atoms with van der Waals surface area (Å²) in [5.74, 6) is 1.30. The van der Waals surface area contributed by atoms with Crippen molar-refractivity contribution in [1.29, 1.82) is 0 Å². The molecule has 2 heterocycles. The number of nitrogens with one attached hydrogen (secondary N) is 1. The maximum atomic E-state index is 12.0. The monoisotopic (exact) mass is 251 g/mol. The number of hydrogen-bond acceptors (Lipinski definition) is 3. The van der Waals surface area contributed by atoms with Crippen molar-refractivity contribution < 1.29 is 4.79 Å². The Morgan fingerprint density at radius 1 is 1.11 bits per heavy atom. The molecule has 0 spiro atoms. The van der Waals surface area contributed by atoms with Gasteiger partial charge in [-0.3, -0.25) is 9.69 Å². The van der Waals surface area contributed by atoms with Crippen molar-refractivity contribution in [2.24, 2.45) is 5.92 Å². The first-order valence-corrected chi connectivity index (χ1v) is 7.46. The van der Waals surface area contributed by atoms with Gasteiger partial charge in [0.05, 0.1) is 6.04 Å². The zero-order valence-electron chi connectivity index (χ0n) is 11.4. The lowest BCUT2D eigenvalue weighted by molar-refractivity contribution is -0.131. The zero-order valence-corrected chi connectivity index (χ0v) is 11.4. The topological polar surface area (TPSA) is 35.6 Å². The van der Waals surface area contributed by atoms with Gasteiger partial charge in [0, 0.05) is 32.7 Å². The molecule has 0 aromatic rings. The van der Waals surface area contributed by atoms with E-state index in [1.165, 1.54) is 32.2 Å². The fourth-order valence-corrected chi connectivity index (χ4v) is 3.21. The van der Waals surface area contributed by atoms with Gasteiger partial charge < -0.3 is 10.2 Å². The van der Waals surface area contributed by atoms with E-state index in [4.69, 9.17) is 0 Å². The lowest BCUT2D eigenvalue weighted by Crippen LogP contribution is -2.49. The van der Waals surface area contributed by atoms with Crippen LogP contribution in [0, 0.1) is 5.92 Å². The van der Waals surface area contributed by atoms with Crippen LogP contribution < -0.4 is 5.32 Å². The summed E-state index contributed by atoms with van der Waals surface area (Å²) in [6.45, 7) is 4.33. The molecule has 1 aliphatic carbocycles. The minimum Gasteiger partial charge on any atom is -0.344 e. The average molecular weight is 251 g/mol. The molecule has 4 heteroatoms. The fourth-order valence-electron chi connectivity index (χ4n) is 3.21. The second-order valence-corrected chi connectivity index (χ2v) is 6.23. The molecule has 3 aliphatic rings. The Morgan fingerprint density at radius 2 is 1.83 bits per heavy atom. The van der Waals surface area contributed by atoms with Gasteiger partial charge in [0.15, 0.2) is 0 Å². The van der Waals surface area contributed by atoms with Gasteiger partial charge in [0.1, 0.15) is 0 Å². The molecule has 1 N–H and O–H groups in total. The number of rotatable bonds is 4. The highest BCUT2D eigenvalue weighted by Gasteiger charge is 2.35. The highest BCUT2D eigenvalue weighted by atomic mass is 16.2. The van der Waals surface area contributed by atoms with E-state index in [9.17, 15) is 4.79 Å². The normalized spacial score (nSPS) is 31.3. The van der Waals surface area contributed by atoms with Crippen LogP contribution in [0.4, 0.5) is 0 Å². The van der Waals surface area contributed by atoms with E-state index in [2.05, 4.69) is 10.2 Å². The summed E-state index contributed by atoms with van der Waals surface area (Å²) >= 11 is 0. The first-order chi connectivity index (χ1) is 8.74. The number of carbonyl (C=O) groups excluding carboxylic acids is 1. The number of carbonyl (C=O) groups is 1. The molecule has 3 rings (SSSR count). The predicted octanol–water partition coefficient (Wildman–Crippen LogP) is 0.681. The Kier molecular flexibility index (Phi) is 3.57. The van der Waals surface area contributed by atoms with Crippen LogP contribution >= 0.6 is 0 Å². The minimum absolute atomic E-state index is 0.180. The van der Waals surface area contributed by atoms with Gasteiger partial charge >= 0.3 is 0 Å². The second kappa shape index (κ2) is 5.17. The number of piperidine rings is 1. The van der Waals surface area contributed by atoms with Gasteiger partial charge in [0.25, 0.3) is 0 Å². The predicted molar refractivity (Wildman–Crippen MR) is 71.4 cm³/mol. The van der Waals surface area contributed by atoms with E-state index < -0.39 is 0 Å². The molecule has 1 amide bonds. The highest BCUT2D eigenvalue weighted by Crippen LogP contribution is 2.28. The van der Waals surface area contributed by atoms with Gasteiger partial charge in [0.2, 0.25) is 5.91 Å². The second-order valence-electron chi connectivity index (χ2n) is 6.23. The van der Waals surface area contributed by atoms with Gasteiger partial charge in [-0.25, -0.2) is 0 Å². The molecule has 1 unspecified atom stereocenters. The van der Waals surface area contributed by atoms with Crippen LogP contribution in [0.15, 0.2) is 0 Å². The van der Waals surface area contributed by atoms with Crippen molar-refractivity contribution in [2.45, 2.75) is 44.2 Å². The third-order valence-corrected chi connectivity index (χ3v) is 4.76. The quantitative estimate of drug-likeness (QED) is 0.798. The van der Waals surface area contributed by atoms with E-state index in [0.717, 1.165) is 32.0 Å². The van der Waals surface area contributed by atoms with E-state index in [-0.39, 0.29) is 6.04 Å². The van der Waals surface area contributed by atoms with Crippen LogP contribution in [0.25, 0.3) is 0 Å². The van der Waals surface area contributed by atoms with Crippen LogP contribution in [-0.2, 0) is 4.79 Å². The zero-order chi connectivity index (χ0) is 12.5. The largest absolute Gasteiger partial charge is 0.344 e. The third kappa shape index (κ3) is 2.69. The van der Waals surface area contributed by atoms with E-state index in [0.29, 0.717) is 11.9 Å². The Hall–Kier alpha value is -0.610. The summed E-state index contributed by atoms with van der Waals surface area (Å²) in [6.07, 6.45) is 6.29. The van der Waals surface area contributed by atoms with Crippen molar-refractivity contribution in [1.82, 2.24) is 15.1 Å². The highest BCUT2D eigenvalue weighted by molar-refractivity contribution is 5.83. The van der Waals surface area contributed by atoms with Gasteiger partial charge in [-0.15, -0.1) is 0 Å². The molecule has 4 nitrogen and oxygen atoms in total. The summed E-state index contributed by atoms with van der Waals surface area (Å²) in [7, 11) is 1.92. The van der Waals surface area contributed by atoms with Crippen LogP contribution in [-0.4, -0.2) is 61.0 Å². The van der Waals surface area contributed by atoms with Crippen LogP contribution in [0.2, 0.25) is 0 Å². The van der Waals surface area contributed by atoms with E-state index in [1.54, 1.807) is 0 Å². The summed E-state index contributed by atoms with van der Waals surface area (Å²) in [5.41, 5.74) is 0. The molecule has 0 aromatic heterocycles. The molecule has 3 fully saturated rings. The van der Waals surface area contributed by atoms with E-state index in [1.807, 2.05) is 11.9 Å². The molecule has 0 bridgehead atoms. The van der Waals surface area contributed by atoms with Crippen molar-refractivity contribution in [3.05, 3.63) is 0 Å². The van der Waals surface area contributed by atoms with Gasteiger partial charge in [-0.2, -0.15) is 0 Å². The minimum atomic E-state index is 0.180. The molecule has 2 saturated heterocycles. The molecule has 102 valence electrons. The smallest absolute Gasteiger partial charge is 0.239 e. The number of likely N-dealkylation sites (N-methyl/N-ethyl adjacent to an activating group) is 1. The lowest BCUT2D eigenvalue weighted by atomic mass is 10.0. The maximum absolute atomic E-state index is 12.0. The number of nitrogens with zero attached hydrogens (tertiary/aromatic N) is 2. The first-order valence-electron chi connectivity index (χ1n) is 7.46. The van der Waals surface area contributed by atoms with Crippen LogP contribution in [0.3, 0.4) is 0 Å². The Balaban J connectivity index is 1.43.